The van der Waals surface area contributed by atoms with Crippen LogP contribution in [0.2, 0.25) is 0 Å². The summed E-state index contributed by atoms with van der Waals surface area (Å²) in [7, 11) is 1.99. The van der Waals surface area contributed by atoms with Crippen LogP contribution in [0.5, 0.6) is 0 Å². The van der Waals surface area contributed by atoms with Crippen LogP contribution in [0.25, 0.3) is 0 Å². The van der Waals surface area contributed by atoms with E-state index in [1.807, 2.05) is 66.3 Å². The van der Waals surface area contributed by atoms with E-state index in [1.165, 1.54) is 0 Å². The molecule has 0 aliphatic carbocycles. The lowest BCUT2D eigenvalue weighted by molar-refractivity contribution is -0.679. The zero-order chi connectivity index (χ0) is 11.4. The molecule has 1 unspecified atom stereocenters. The highest BCUT2D eigenvalue weighted by atomic mass is 16.3. The highest BCUT2D eigenvalue weighted by Crippen LogP contribution is 2.15. The van der Waals surface area contributed by atoms with E-state index in [0.717, 1.165) is 11.3 Å². The summed E-state index contributed by atoms with van der Waals surface area (Å²) in [5.41, 5.74) is 2.09. The van der Waals surface area contributed by atoms with Gasteiger partial charge in [-0.2, -0.15) is 0 Å². The Bertz CT molecular complexity index is 453. The topological polar surface area (TPSA) is 24.1 Å². The molecule has 0 aliphatic rings. The number of hydrogen-bond donors (Lipinski definition) is 1. The molecule has 2 aromatic rings. The van der Waals surface area contributed by atoms with Gasteiger partial charge in [-0.3, -0.25) is 0 Å². The second-order valence-electron chi connectivity index (χ2n) is 3.93. The minimum Gasteiger partial charge on any atom is -0.388 e. The number of rotatable bonds is 3. The summed E-state index contributed by atoms with van der Waals surface area (Å²) >= 11 is 0. The third kappa shape index (κ3) is 2.47. The summed E-state index contributed by atoms with van der Waals surface area (Å²) in [6.07, 6.45) is 2.20. The molecule has 1 aromatic carbocycles. The molecule has 0 saturated heterocycles. The predicted octanol–water partition coefficient (Wildman–Crippen LogP) is 1.79. The normalized spacial score (nSPS) is 12.4. The van der Waals surface area contributed by atoms with E-state index in [-0.39, 0.29) is 0 Å². The second kappa shape index (κ2) is 4.90. The molecule has 0 fully saturated rings. The Kier molecular flexibility index (Phi) is 3.32. The molecule has 1 aromatic heterocycles. The molecule has 0 aliphatic heterocycles. The molecule has 2 rings (SSSR count). The van der Waals surface area contributed by atoms with Crippen LogP contribution in [0.3, 0.4) is 0 Å². The fourth-order valence-electron chi connectivity index (χ4n) is 1.76. The van der Waals surface area contributed by atoms with Gasteiger partial charge < -0.3 is 5.11 Å². The van der Waals surface area contributed by atoms with Gasteiger partial charge in [0.1, 0.15) is 7.05 Å². The number of nitrogens with zero attached hydrogens (tertiary/aromatic N) is 1. The highest BCUT2D eigenvalue weighted by molar-refractivity contribution is 5.18. The van der Waals surface area contributed by atoms with Crippen LogP contribution >= 0.6 is 0 Å². The quantitative estimate of drug-likeness (QED) is 0.774. The van der Waals surface area contributed by atoms with Crippen molar-refractivity contribution in [3.05, 3.63) is 66.0 Å². The molecule has 2 heteroatoms. The first-order valence-corrected chi connectivity index (χ1v) is 5.44. The van der Waals surface area contributed by atoms with Crippen molar-refractivity contribution in [2.45, 2.75) is 12.5 Å². The van der Waals surface area contributed by atoms with Crippen LogP contribution in [-0.2, 0) is 13.5 Å². The minimum atomic E-state index is -0.435. The van der Waals surface area contributed by atoms with E-state index in [1.54, 1.807) is 0 Å². The van der Waals surface area contributed by atoms with Gasteiger partial charge in [0, 0.05) is 12.1 Å². The largest absolute Gasteiger partial charge is 0.388 e. The van der Waals surface area contributed by atoms with Gasteiger partial charge in [-0.05, 0) is 5.56 Å². The molecule has 16 heavy (non-hydrogen) atoms. The number of aryl methyl sites for hydroxylation is 1. The van der Waals surface area contributed by atoms with Crippen molar-refractivity contribution in [3.63, 3.8) is 0 Å². The maximum absolute atomic E-state index is 10.1. The van der Waals surface area contributed by atoms with E-state index >= 15 is 0 Å². The Morgan fingerprint density at radius 3 is 2.44 bits per heavy atom. The summed E-state index contributed by atoms with van der Waals surface area (Å²) in [5.74, 6) is 0. The number of aliphatic hydroxyl groups is 1. The lowest BCUT2D eigenvalue weighted by Crippen LogP contribution is -2.33. The zero-order valence-electron chi connectivity index (χ0n) is 9.38. The lowest BCUT2D eigenvalue weighted by Gasteiger charge is -2.09. The van der Waals surface area contributed by atoms with Gasteiger partial charge in [0.05, 0.1) is 12.5 Å². The van der Waals surface area contributed by atoms with E-state index in [9.17, 15) is 5.11 Å². The van der Waals surface area contributed by atoms with E-state index in [2.05, 4.69) is 0 Å². The molecule has 0 bridgehead atoms. The van der Waals surface area contributed by atoms with Crippen molar-refractivity contribution in [2.75, 3.05) is 0 Å². The first-order chi connectivity index (χ1) is 7.77. The van der Waals surface area contributed by atoms with E-state index in [4.69, 9.17) is 0 Å². The second-order valence-corrected chi connectivity index (χ2v) is 3.93. The van der Waals surface area contributed by atoms with Crippen molar-refractivity contribution in [2.24, 2.45) is 7.05 Å². The molecule has 0 radical (unpaired) electrons. The zero-order valence-corrected chi connectivity index (χ0v) is 9.38. The van der Waals surface area contributed by atoms with Gasteiger partial charge in [0.15, 0.2) is 11.9 Å². The maximum Gasteiger partial charge on any atom is 0.184 e. The van der Waals surface area contributed by atoms with Crippen LogP contribution in [0.4, 0.5) is 0 Å². The molecule has 2 nitrogen and oxygen atoms in total. The summed E-state index contributed by atoms with van der Waals surface area (Å²) in [4.78, 5) is 0. The smallest absolute Gasteiger partial charge is 0.184 e. The molecule has 1 N–H and O–H groups in total. The third-order valence-electron chi connectivity index (χ3n) is 2.75. The number of hydrogen-bond acceptors (Lipinski definition) is 1. The SMILES string of the molecule is C[n+]1ccccc1CC(O)c1ccccc1. The molecule has 82 valence electrons. The van der Waals surface area contributed by atoms with Crippen molar-refractivity contribution >= 4 is 0 Å². The average Bonchev–Trinajstić information content (AvgIpc) is 2.33. The van der Waals surface area contributed by atoms with E-state index < -0.39 is 6.10 Å². The van der Waals surface area contributed by atoms with Gasteiger partial charge in [-0.15, -0.1) is 0 Å². The molecular weight excluding hydrogens is 198 g/mol. The Morgan fingerprint density at radius 1 is 1.06 bits per heavy atom. The Morgan fingerprint density at radius 2 is 1.75 bits per heavy atom. The fourth-order valence-corrected chi connectivity index (χ4v) is 1.76. The van der Waals surface area contributed by atoms with Gasteiger partial charge in [0.2, 0.25) is 0 Å². The van der Waals surface area contributed by atoms with Crippen LogP contribution in [-0.4, -0.2) is 5.11 Å². The number of aliphatic hydroxyl groups excluding tert-OH is 1. The van der Waals surface area contributed by atoms with Crippen molar-refractivity contribution in [1.29, 1.82) is 0 Å². The van der Waals surface area contributed by atoms with Crippen molar-refractivity contribution in [3.8, 4) is 0 Å². The van der Waals surface area contributed by atoms with Gasteiger partial charge in [-0.25, -0.2) is 4.57 Å². The Labute approximate surface area is 95.8 Å². The summed E-state index contributed by atoms with van der Waals surface area (Å²) < 4.78 is 2.03. The molecule has 1 atom stereocenters. The monoisotopic (exact) mass is 214 g/mol. The predicted molar refractivity (Wildman–Crippen MR) is 62.7 cm³/mol. The first kappa shape index (κ1) is 10.8. The first-order valence-electron chi connectivity index (χ1n) is 5.44. The van der Waals surface area contributed by atoms with Crippen LogP contribution < -0.4 is 4.57 Å². The van der Waals surface area contributed by atoms with Crippen molar-refractivity contribution in [1.82, 2.24) is 0 Å². The maximum atomic E-state index is 10.1. The summed E-state index contributed by atoms with van der Waals surface area (Å²) in [5, 5.41) is 10.1. The Balaban J connectivity index is 2.14. The fraction of sp³-hybridized carbons (Fsp3) is 0.214. The molecule has 0 saturated carbocycles. The van der Waals surface area contributed by atoms with Crippen LogP contribution in [0.1, 0.15) is 17.4 Å². The standard InChI is InChI=1S/C14H16NO/c1-15-10-6-5-9-13(15)11-14(16)12-7-3-2-4-8-12/h2-10,14,16H,11H2,1H3/q+1. The van der Waals surface area contributed by atoms with Gasteiger partial charge in [0.25, 0.3) is 0 Å². The van der Waals surface area contributed by atoms with Gasteiger partial charge in [-0.1, -0.05) is 36.4 Å². The molecule has 0 amide bonds. The molecule has 1 heterocycles. The summed E-state index contributed by atoms with van der Waals surface area (Å²) in [6.45, 7) is 0. The number of benzene rings is 1. The molecular formula is C14H16NO+. The third-order valence-corrected chi connectivity index (χ3v) is 2.75. The van der Waals surface area contributed by atoms with Gasteiger partial charge >= 0.3 is 0 Å². The average molecular weight is 214 g/mol. The minimum absolute atomic E-state index is 0.435. The number of aromatic nitrogens is 1. The Hall–Kier alpha value is -1.67. The van der Waals surface area contributed by atoms with E-state index in [0.29, 0.717) is 6.42 Å². The highest BCUT2D eigenvalue weighted by Gasteiger charge is 2.13. The van der Waals surface area contributed by atoms with Crippen LogP contribution in [0, 0.1) is 0 Å². The summed E-state index contributed by atoms with van der Waals surface area (Å²) in [6, 6.07) is 15.8. The number of pyridine rings is 1. The lowest BCUT2D eigenvalue weighted by atomic mass is 10.0. The van der Waals surface area contributed by atoms with Crippen molar-refractivity contribution < 1.29 is 9.67 Å². The molecule has 0 spiro atoms. The van der Waals surface area contributed by atoms with Crippen LogP contribution in [0.15, 0.2) is 54.7 Å².